The number of aliphatic carboxylic acids is 1. The molecule has 0 aliphatic rings. The maximum atomic E-state index is 11.0. The summed E-state index contributed by atoms with van der Waals surface area (Å²) < 4.78 is 0. The lowest BCUT2D eigenvalue weighted by Crippen LogP contribution is -2.00. The number of aliphatic hydroxyl groups is 1. The zero-order valence-corrected chi connectivity index (χ0v) is 9.80. The molecular formula is C14H18O3. The molecule has 0 atom stereocenters. The molecule has 0 spiro atoms. The average Bonchev–Trinajstić information content (AvgIpc) is 2.34. The number of carboxylic acid groups (broad SMARTS) is 1. The molecule has 0 aromatic heterocycles. The van der Waals surface area contributed by atoms with Gasteiger partial charge in [-0.3, -0.25) is 0 Å². The minimum atomic E-state index is -0.863. The van der Waals surface area contributed by atoms with Crippen LogP contribution in [0.25, 0.3) is 6.08 Å². The standard InChI is InChI=1S/C14H18O3/c15-10-6-2-5-9-13(14(16)17)11-12-7-3-1-4-8-12/h1,3-4,7-8,11,15H,2,5-6,9-10H2,(H,16,17)/b13-11-. The van der Waals surface area contributed by atoms with Crippen LogP contribution in [0.15, 0.2) is 35.9 Å². The predicted octanol–water partition coefficient (Wildman–Crippen LogP) is 2.71. The van der Waals surface area contributed by atoms with E-state index < -0.39 is 5.97 Å². The Labute approximate surface area is 101 Å². The molecular weight excluding hydrogens is 216 g/mol. The third-order valence-corrected chi connectivity index (χ3v) is 2.52. The summed E-state index contributed by atoms with van der Waals surface area (Å²) in [5.74, 6) is -0.863. The molecule has 0 unspecified atom stereocenters. The van der Waals surface area contributed by atoms with Crippen molar-refractivity contribution in [2.75, 3.05) is 6.61 Å². The number of aliphatic hydroxyl groups excluding tert-OH is 1. The molecule has 1 aromatic carbocycles. The van der Waals surface area contributed by atoms with Crippen LogP contribution < -0.4 is 0 Å². The van der Waals surface area contributed by atoms with E-state index in [0.717, 1.165) is 24.8 Å². The molecule has 3 nitrogen and oxygen atoms in total. The van der Waals surface area contributed by atoms with Crippen molar-refractivity contribution in [1.82, 2.24) is 0 Å². The maximum absolute atomic E-state index is 11.0. The van der Waals surface area contributed by atoms with Crippen LogP contribution >= 0.6 is 0 Å². The van der Waals surface area contributed by atoms with Gasteiger partial charge in [-0.15, -0.1) is 0 Å². The molecule has 0 saturated carbocycles. The first-order valence-corrected chi connectivity index (χ1v) is 5.84. The van der Waals surface area contributed by atoms with Crippen LogP contribution in [0.1, 0.15) is 31.2 Å². The molecule has 0 heterocycles. The molecule has 2 N–H and O–H groups in total. The van der Waals surface area contributed by atoms with Crippen molar-refractivity contribution in [3.8, 4) is 0 Å². The second kappa shape index (κ2) is 7.63. The second-order valence-electron chi connectivity index (χ2n) is 3.92. The van der Waals surface area contributed by atoms with E-state index in [1.807, 2.05) is 30.3 Å². The van der Waals surface area contributed by atoms with E-state index >= 15 is 0 Å². The van der Waals surface area contributed by atoms with Gasteiger partial charge in [-0.1, -0.05) is 36.8 Å². The molecule has 1 rings (SSSR count). The molecule has 0 bridgehead atoms. The average molecular weight is 234 g/mol. The summed E-state index contributed by atoms with van der Waals surface area (Å²) in [5, 5.41) is 17.7. The minimum absolute atomic E-state index is 0.171. The van der Waals surface area contributed by atoms with Crippen LogP contribution in [0.2, 0.25) is 0 Å². The van der Waals surface area contributed by atoms with E-state index in [2.05, 4.69) is 0 Å². The van der Waals surface area contributed by atoms with E-state index in [1.165, 1.54) is 0 Å². The van der Waals surface area contributed by atoms with Gasteiger partial charge in [0, 0.05) is 12.2 Å². The molecule has 0 amide bonds. The smallest absolute Gasteiger partial charge is 0.331 e. The lowest BCUT2D eigenvalue weighted by atomic mass is 10.0. The topological polar surface area (TPSA) is 57.5 Å². The highest BCUT2D eigenvalue weighted by Gasteiger charge is 2.06. The van der Waals surface area contributed by atoms with Crippen molar-refractivity contribution >= 4 is 12.0 Å². The lowest BCUT2D eigenvalue weighted by Gasteiger charge is -2.02. The Kier molecular flexibility index (Phi) is 6.04. The fourth-order valence-electron chi connectivity index (χ4n) is 1.60. The first kappa shape index (κ1) is 13.5. The number of rotatable bonds is 7. The molecule has 92 valence electrons. The van der Waals surface area contributed by atoms with Crippen molar-refractivity contribution in [3.05, 3.63) is 41.5 Å². The third-order valence-electron chi connectivity index (χ3n) is 2.52. The van der Waals surface area contributed by atoms with E-state index in [1.54, 1.807) is 6.08 Å². The SMILES string of the molecule is O=C(O)/C(=C\c1ccccc1)CCCCCO. The van der Waals surface area contributed by atoms with Crippen LogP contribution in [0.5, 0.6) is 0 Å². The van der Waals surface area contributed by atoms with E-state index in [-0.39, 0.29) is 6.61 Å². The summed E-state index contributed by atoms with van der Waals surface area (Å²) in [4.78, 5) is 11.0. The van der Waals surface area contributed by atoms with Crippen molar-refractivity contribution in [2.45, 2.75) is 25.7 Å². The molecule has 0 saturated heterocycles. The highest BCUT2D eigenvalue weighted by Crippen LogP contribution is 2.14. The maximum Gasteiger partial charge on any atom is 0.331 e. The summed E-state index contributed by atoms with van der Waals surface area (Å²) in [6.07, 6.45) is 4.64. The quantitative estimate of drug-likeness (QED) is 0.563. The Bertz CT molecular complexity index is 368. The molecule has 3 heteroatoms. The Morgan fingerprint density at radius 3 is 2.41 bits per heavy atom. The van der Waals surface area contributed by atoms with Gasteiger partial charge in [0.25, 0.3) is 0 Å². The number of unbranched alkanes of at least 4 members (excludes halogenated alkanes) is 2. The largest absolute Gasteiger partial charge is 0.478 e. The number of hydrogen-bond acceptors (Lipinski definition) is 2. The normalized spacial score (nSPS) is 11.5. The zero-order valence-electron chi connectivity index (χ0n) is 9.80. The van der Waals surface area contributed by atoms with Gasteiger partial charge in [0.15, 0.2) is 0 Å². The minimum Gasteiger partial charge on any atom is -0.478 e. The van der Waals surface area contributed by atoms with Gasteiger partial charge < -0.3 is 10.2 Å². The molecule has 0 radical (unpaired) electrons. The Morgan fingerprint density at radius 1 is 1.12 bits per heavy atom. The monoisotopic (exact) mass is 234 g/mol. The number of carbonyl (C=O) groups is 1. The van der Waals surface area contributed by atoms with Crippen molar-refractivity contribution in [2.24, 2.45) is 0 Å². The number of hydrogen-bond donors (Lipinski definition) is 2. The summed E-state index contributed by atoms with van der Waals surface area (Å²) in [5.41, 5.74) is 1.33. The first-order chi connectivity index (χ1) is 8.24. The summed E-state index contributed by atoms with van der Waals surface area (Å²) in [6, 6.07) is 9.44. The van der Waals surface area contributed by atoms with E-state index in [4.69, 9.17) is 10.2 Å². The second-order valence-corrected chi connectivity index (χ2v) is 3.92. The molecule has 1 aromatic rings. The van der Waals surface area contributed by atoms with Crippen LogP contribution in [0, 0.1) is 0 Å². The van der Waals surface area contributed by atoms with Gasteiger partial charge in [0.1, 0.15) is 0 Å². The van der Waals surface area contributed by atoms with Crippen molar-refractivity contribution in [1.29, 1.82) is 0 Å². The number of benzene rings is 1. The Hall–Kier alpha value is -1.61. The van der Waals surface area contributed by atoms with E-state index in [9.17, 15) is 4.79 Å². The van der Waals surface area contributed by atoms with Crippen LogP contribution in [0.4, 0.5) is 0 Å². The lowest BCUT2D eigenvalue weighted by molar-refractivity contribution is -0.132. The van der Waals surface area contributed by atoms with Crippen LogP contribution in [0.3, 0.4) is 0 Å². The summed E-state index contributed by atoms with van der Waals surface area (Å²) in [6.45, 7) is 0.171. The number of carboxylic acids is 1. The van der Waals surface area contributed by atoms with Crippen molar-refractivity contribution in [3.63, 3.8) is 0 Å². The van der Waals surface area contributed by atoms with Gasteiger partial charge >= 0.3 is 5.97 Å². The van der Waals surface area contributed by atoms with Crippen LogP contribution in [-0.4, -0.2) is 22.8 Å². The van der Waals surface area contributed by atoms with Gasteiger partial charge in [0.2, 0.25) is 0 Å². The third kappa shape index (κ3) is 5.31. The van der Waals surface area contributed by atoms with Crippen molar-refractivity contribution < 1.29 is 15.0 Å². The van der Waals surface area contributed by atoms with E-state index in [0.29, 0.717) is 12.0 Å². The molecule has 0 aliphatic heterocycles. The van der Waals surface area contributed by atoms with Gasteiger partial charge in [-0.2, -0.15) is 0 Å². The Balaban J connectivity index is 2.60. The highest BCUT2D eigenvalue weighted by molar-refractivity contribution is 5.92. The molecule has 0 fully saturated rings. The first-order valence-electron chi connectivity index (χ1n) is 5.84. The molecule has 17 heavy (non-hydrogen) atoms. The van der Waals surface area contributed by atoms with Gasteiger partial charge in [-0.25, -0.2) is 4.79 Å². The fraction of sp³-hybridized carbons (Fsp3) is 0.357. The zero-order chi connectivity index (χ0) is 12.5. The predicted molar refractivity (Wildman–Crippen MR) is 67.6 cm³/mol. The van der Waals surface area contributed by atoms with Gasteiger partial charge in [0.05, 0.1) is 0 Å². The molecule has 0 aliphatic carbocycles. The fourth-order valence-corrected chi connectivity index (χ4v) is 1.60. The summed E-state index contributed by atoms with van der Waals surface area (Å²) in [7, 11) is 0. The Morgan fingerprint density at radius 2 is 1.82 bits per heavy atom. The van der Waals surface area contributed by atoms with Crippen LogP contribution in [-0.2, 0) is 4.79 Å². The highest BCUT2D eigenvalue weighted by atomic mass is 16.4. The summed E-state index contributed by atoms with van der Waals surface area (Å²) >= 11 is 0. The van der Waals surface area contributed by atoms with Gasteiger partial charge in [-0.05, 0) is 30.9 Å².